The number of ether oxygens (including phenoxy) is 1. The van der Waals surface area contributed by atoms with Crippen LogP contribution >= 0.6 is 11.3 Å². The quantitative estimate of drug-likeness (QED) is 0.911. The summed E-state index contributed by atoms with van der Waals surface area (Å²) in [7, 11) is 2.03. The molecule has 0 amide bonds. The standard InChI is InChI=1S/C14H24N2OS/c1-6-17-10-7-14(8-10,15-5)12-16-11(9-18-12)13(2,3)4/h9-10,15H,6-8H2,1-5H3. The van der Waals surface area contributed by atoms with Gasteiger partial charge in [0.15, 0.2) is 0 Å². The van der Waals surface area contributed by atoms with Gasteiger partial charge in [0.05, 0.1) is 17.3 Å². The predicted octanol–water partition coefficient (Wildman–Crippen LogP) is 3.05. The Kier molecular flexibility index (Phi) is 3.81. The third-order valence-electron chi connectivity index (χ3n) is 3.72. The summed E-state index contributed by atoms with van der Waals surface area (Å²) in [5.74, 6) is 0. The molecule has 1 saturated carbocycles. The molecule has 1 aromatic heterocycles. The SMILES string of the molecule is CCOC1CC(NC)(c2nc(C(C)(C)C)cs2)C1. The van der Waals surface area contributed by atoms with Gasteiger partial charge in [-0.25, -0.2) is 4.98 Å². The van der Waals surface area contributed by atoms with E-state index in [0.29, 0.717) is 6.10 Å². The molecule has 0 spiro atoms. The fraction of sp³-hybridized carbons (Fsp3) is 0.786. The summed E-state index contributed by atoms with van der Waals surface area (Å²) in [5, 5.41) is 6.86. The lowest BCUT2D eigenvalue weighted by Gasteiger charge is -2.45. The molecule has 0 saturated heterocycles. The Balaban J connectivity index is 2.13. The van der Waals surface area contributed by atoms with Crippen molar-refractivity contribution in [1.82, 2.24) is 10.3 Å². The van der Waals surface area contributed by atoms with E-state index in [1.165, 1.54) is 10.7 Å². The van der Waals surface area contributed by atoms with E-state index < -0.39 is 0 Å². The number of nitrogens with zero attached hydrogens (tertiary/aromatic N) is 1. The first kappa shape index (κ1) is 14.0. The fourth-order valence-corrected chi connectivity index (χ4v) is 3.67. The van der Waals surface area contributed by atoms with Gasteiger partial charge in [-0.2, -0.15) is 0 Å². The zero-order chi connectivity index (χ0) is 13.4. The van der Waals surface area contributed by atoms with Crippen molar-refractivity contribution in [3.05, 3.63) is 16.1 Å². The maximum absolute atomic E-state index is 5.67. The van der Waals surface area contributed by atoms with Crippen molar-refractivity contribution in [2.45, 2.75) is 57.6 Å². The monoisotopic (exact) mass is 268 g/mol. The predicted molar refractivity (Wildman–Crippen MR) is 76.2 cm³/mol. The van der Waals surface area contributed by atoms with Crippen molar-refractivity contribution < 1.29 is 4.74 Å². The van der Waals surface area contributed by atoms with Crippen LogP contribution in [0.3, 0.4) is 0 Å². The molecule has 1 heterocycles. The summed E-state index contributed by atoms with van der Waals surface area (Å²) in [4.78, 5) is 4.84. The molecule has 1 aliphatic rings. The first-order valence-electron chi connectivity index (χ1n) is 6.68. The van der Waals surface area contributed by atoms with Crippen LogP contribution in [0.25, 0.3) is 0 Å². The van der Waals surface area contributed by atoms with Crippen LogP contribution in [0.5, 0.6) is 0 Å². The summed E-state index contributed by atoms with van der Waals surface area (Å²) in [5.41, 5.74) is 1.37. The van der Waals surface area contributed by atoms with E-state index >= 15 is 0 Å². The van der Waals surface area contributed by atoms with E-state index in [1.807, 2.05) is 7.05 Å². The Hall–Kier alpha value is -0.450. The zero-order valence-electron chi connectivity index (χ0n) is 12.0. The normalized spacial score (nSPS) is 28.2. The second kappa shape index (κ2) is 4.91. The van der Waals surface area contributed by atoms with Gasteiger partial charge in [0.1, 0.15) is 5.01 Å². The highest BCUT2D eigenvalue weighted by Gasteiger charge is 2.47. The van der Waals surface area contributed by atoms with Crippen LogP contribution in [-0.2, 0) is 15.7 Å². The van der Waals surface area contributed by atoms with E-state index in [4.69, 9.17) is 9.72 Å². The Bertz CT molecular complexity index is 402. The highest BCUT2D eigenvalue weighted by atomic mass is 32.1. The van der Waals surface area contributed by atoms with Crippen molar-refractivity contribution in [3.8, 4) is 0 Å². The third-order valence-corrected chi connectivity index (χ3v) is 4.76. The van der Waals surface area contributed by atoms with Gasteiger partial charge in [-0.05, 0) is 26.8 Å². The maximum Gasteiger partial charge on any atom is 0.113 e. The highest BCUT2D eigenvalue weighted by Crippen LogP contribution is 2.44. The minimum Gasteiger partial charge on any atom is -0.378 e. The van der Waals surface area contributed by atoms with Crippen LogP contribution in [0.4, 0.5) is 0 Å². The molecule has 0 atom stereocenters. The molecule has 2 rings (SSSR count). The molecule has 102 valence electrons. The van der Waals surface area contributed by atoms with Crippen molar-refractivity contribution >= 4 is 11.3 Å². The molecule has 0 radical (unpaired) electrons. The van der Waals surface area contributed by atoms with Gasteiger partial charge in [0, 0.05) is 17.4 Å². The Labute approximate surface area is 114 Å². The van der Waals surface area contributed by atoms with Crippen molar-refractivity contribution in [2.75, 3.05) is 13.7 Å². The van der Waals surface area contributed by atoms with E-state index in [0.717, 1.165) is 19.4 Å². The lowest BCUT2D eigenvalue weighted by molar-refractivity contribution is -0.0511. The van der Waals surface area contributed by atoms with Gasteiger partial charge in [-0.1, -0.05) is 20.8 Å². The van der Waals surface area contributed by atoms with Gasteiger partial charge < -0.3 is 10.1 Å². The molecule has 18 heavy (non-hydrogen) atoms. The number of nitrogens with one attached hydrogen (secondary N) is 1. The van der Waals surface area contributed by atoms with Crippen molar-refractivity contribution in [3.63, 3.8) is 0 Å². The number of rotatable bonds is 4. The molecule has 0 bridgehead atoms. The molecule has 1 aromatic rings. The van der Waals surface area contributed by atoms with Crippen molar-refractivity contribution in [2.24, 2.45) is 0 Å². The minimum atomic E-state index is 0.0496. The van der Waals surface area contributed by atoms with E-state index in [9.17, 15) is 0 Å². The van der Waals surface area contributed by atoms with Crippen LogP contribution in [0, 0.1) is 0 Å². The molecule has 0 aliphatic heterocycles. The summed E-state index contributed by atoms with van der Waals surface area (Å²) >= 11 is 1.77. The van der Waals surface area contributed by atoms with Crippen LogP contribution in [-0.4, -0.2) is 24.7 Å². The van der Waals surface area contributed by atoms with Crippen molar-refractivity contribution in [1.29, 1.82) is 0 Å². The van der Waals surface area contributed by atoms with Crippen LogP contribution < -0.4 is 5.32 Å². The first-order chi connectivity index (χ1) is 8.41. The zero-order valence-corrected chi connectivity index (χ0v) is 12.9. The van der Waals surface area contributed by atoms with Gasteiger partial charge >= 0.3 is 0 Å². The topological polar surface area (TPSA) is 34.1 Å². The molecule has 1 fully saturated rings. The molecular weight excluding hydrogens is 244 g/mol. The number of hydrogen-bond donors (Lipinski definition) is 1. The Morgan fingerprint density at radius 2 is 2.17 bits per heavy atom. The fourth-order valence-electron chi connectivity index (χ4n) is 2.39. The van der Waals surface area contributed by atoms with Gasteiger partial charge in [-0.15, -0.1) is 11.3 Å². The summed E-state index contributed by atoms with van der Waals surface area (Å²) in [6.07, 6.45) is 2.47. The summed E-state index contributed by atoms with van der Waals surface area (Å²) in [6.45, 7) is 9.49. The van der Waals surface area contributed by atoms with E-state index in [1.54, 1.807) is 11.3 Å². The lowest BCUT2D eigenvalue weighted by Crippen LogP contribution is -2.54. The number of hydrogen-bond acceptors (Lipinski definition) is 4. The molecular formula is C14H24N2OS. The van der Waals surface area contributed by atoms with Gasteiger partial charge in [0.25, 0.3) is 0 Å². The average molecular weight is 268 g/mol. The Morgan fingerprint density at radius 1 is 1.50 bits per heavy atom. The second-order valence-corrected chi connectivity index (χ2v) is 6.96. The summed E-state index contributed by atoms with van der Waals surface area (Å²) in [6, 6.07) is 0. The second-order valence-electron chi connectivity index (χ2n) is 6.11. The lowest BCUT2D eigenvalue weighted by atomic mass is 9.74. The third kappa shape index (κ3) is 2.46. The largest absolute Gasteiger partial charge is 0.378 e. The first-order valence-corrected chi connectivity index (χ1v) is 7.56. The molecule has 4 heteroatoms. The van der Waals surface area contributed by atoms with Gasteiger partial charge in [0.2, 0.25) is 0 Å². The molecule has 0 unspecified atom stereocenters. The average Bonchev–Trinajstić information content (AvgIpc) is 2.71. The highest BCUT2D eigenvalue weighted by molar-refractivity contribution is 7.09. The van der Waals surface area contributed by atoms with E-state index in [-0.39, 0.29) is 11.0 Å². The molecule has 3 nitrogen and oxygen atoms in total. The van der Waals surface area contributed by atoms with Gasteiger partial charge in [-0.3, -0.25) is 0 Å². The summed E-state index contributed by atoms with van der Waals surface area (Å²) < 4.78 is 5.67. The smallest absolute Gasteiger partial charge is 0.113 e. The Morgan fingerprint density at radius 3 is 2.61 bits per heavy atom. The molecule has 0 aromatic carbocycles. The van der Waals surface area contributed by atoms with Crippen LogP contribution in [0.1, 0.15) is 51.2 Å². The van der Waals surface area contributed by atoms with Crippen LogP contribution in [0.2, 0.25) is 0 Å². The number of thiazole rings is 1. The minimum absolute atomic E-state index is 0.0496. The number of aromatic nitrogens is 1. The molecule has 1 aliphatic carbocycles. The molecule has 1 N–H and O–H groups in total. The maximum atomic E-state index is 5.67. The van der Waals surface area contributed by atoms with E-state index in [2.05, 4.69) is 38.4 Å². The van der Waals surface area contributed by atoms with Crippen LogP contribution in [0.15, 0.2) is 5.38 Å².